The van der Waals surface area contributed by atoms with Gasteiger partial charge in [0.05, 0.1) is 0 Å². The minimum Gasteiger partial charge on any atom is -0.302 e. The highest BCUT2D eigenvalue weighted by molar-refractivity contribution is 5.07. The van der Waals surface area contributed by atoms with Gasteiger partial charge in [-0.2, -0.15) is 0 Å². The minimum absolute atomic E-state index is 0.0369. The van der Waals surface area contributed by atoms with Crippen molar-refractivity contribution in [2.24, 2.45) is 5.41 Å². The summed E-state index contributed by atoms with van der Waals surface area (Å²) in [6.07, 6.45) is 9.44. The molecule has 1 unspecified atom stereocenters. The number of hydrogen-bond donors (Lipinski definition) is 0. The quantitative estimate of drug-likeness (QED) is 0.538. The Balaban J connectivity index is 2.67. The third-order valence-electron chi connectivity index (χ3n) is 2.98. The monoisotopic (exact) mass is 165 g/mol. The molecule has 1 aliphatic heterocycles. The van der Waals surface area contributed by atoms with Crippen LogP contribution in [0.4, 0.5) is 0 Å². The number of rotatable bonds is 1. The second-order valence-electron chi connectivity index (χ2n) is 4.36. The number of terminal acetylenes is 1. The summed E-state index contributed by atoms with van der Waals surface area (Å²) in [7, 11) is 2.18. The fourth-order valence-electron chi connectivity index (χ4n) is 2.08. The van der Waals surface area contributed by atoms with E-state index in [2.05, 4.69) is 31.7 Å². The lowest BCUT2D eigenvalue weighted by molar-refractivity contribution is 0.111. The van der Waals surface area contributed by atoms with Crippen LogP contribution in [-0.4, -0.2) is 24.5 Å². The van der Waals surface area contributed by atoms with Crippen LogP contribution in [0.25, 0.3) is 0 Å². The van der Waals surface area contributed by atoms with E-state index in [4.69, 9.17) is 6.42 Å². The van der Waals surface area contributed by atoms with Crippen LogP contribution in [0.15, 0.2) is 0 Å². The van der Waals surface area contributed by atoms with Crippen molar-refractivity contribution >= 4 is 0 Å². The van der Waals surface area contributed by atoms with E-state index in [1.165, 1.54) is 25.8 Å². The van der Waals surface area contributed by atoms with Crippen molar-refractivity contribution < 1.29 is 0 Å². The molecule has 1 nitrogen and oxygen atoms in total. The zero-order valence-electron chi connectivity index (χ0n) is 8.43. The molecule has 1 heteroatoms. The lowest BCUT2D eigenvalue weighted by Gasteiger charge is -2.40. The van der Waals surface area contributed by atoms with Crippen molar-refractivity contribution in [2.45, 2.75) is 39.2 Å². The second-order valence-corrected chi connectivity index (χ2v) is 4.36. The molecule has 0 aromatic carbocycles. The minimum atomic E-state index is 0.0369. The summed E-state index contributed by atoms with van der Waals surface area (Å²) in [6.45, 7) is 5.54. The fourth-order valence-corrected chi connectivity index (χ4v) is 2.08. The Hall–Kier alpha value is -0.480. The molecule has 1 aliphatic rings. The van der Waals surface area contributed by atoms with Gasteiger partial charge in [0.15, 0.2) is 0 Å². The van der Waals surface area contributed by atoms with Crippen LogP contribution in [0.5, 0.6) is 0 Å². The average Bonchev–Trinajstić information content (AvgIpc) is 2.05. The first-order valence-electron chi connectivity index (χ1n) is 4.76. The van der Waals surface area contributed by atoms with E-state index in [0.717, 1.165) is 0 Å². The van der Waals surface area contributed by atoms with Crippen LogP contribution >= 0.6 is 0 Å². The van der Waals surface area contributed by atoms with Gasteiger partial charge in [0.2, 0.25) is 0 Å². The second kappa shape index (κ2) is 3.49. The smallest absolute Gasteiger partial charge is 0.0410 e. The maximum atomic E-state index is 5.52. The fraction of sp³-hybridized carbons (Fsp3) is 0.818. The standard InChI is InChI=1S/C11H19N/c1-5-11(2,3)10-8-6-7-9-12(10)4/h1,10H,6-9H2,2-4H3. The van der Waals surface area contributed by atoms with E-state index in [1.807, 2.05) is 0 Å². The molecule has 0 aromatic heterocycles. The molecule has 0 aliphatic carbocycles. The van der Waals surface area contributed by atoms with E-state index in [0.29, 0.717) is 6.04 Å². The van der Waals surface area contributed by atoms with Crippen LogP contribution in [-0.2, 0) is 0 Å². The van der Waals surface area contributed by atoms with Gasteiger partial charge in [0.25, 0.3) is 0 Å². The Kier molecular flexibility index (Phi) is 2.80. The van der Waals surface area contributed by atoms with E-state index >= 15 is 0 Å². The number of hydrogen-bond acceptors (Lipinski definition) is 1. The number of nitrogens with zero attached hydrogens (tertiary/aromatic N) is 1. The van der Waals surface area contributed by atoms with Crippen molar-refractivity contribution in [3.05, 3.63) is 0 Å². The molecule has 0 N–H and O–H groups in total. The lowest BCUT2D eigenvalue weighted by atomic mass is 9.80. The molecule has 0 radical (unpaired) electrons. The molecule has 12 heavy (non-hydrogen) atoms. The van der Waals surface area contributed by atoms with E-state index < -0.39 is 0 Å². The molecule has 0 aromatic rings. The molecule has 1 saturated heterocycles. The average molecular weight is 165 g/mol. The van der Waals surface area contributed by atoms with Gasteiger partial charge in [0.1, 0.15) is 0 Å². The summed E-state index contributed by atoms with van der Waals surface area (Å²) in [6, 6.07) is 0.580. The number of likely N-dealkylation sites (tertiary alicyclic amines) is 1. The van der Waals surface area contributed by atoms with Gasteiger partial charge in [0, 0.05) is 11.5 Å². The normalized spacial score (nSPS) is 26.7. The van der Waals surface area contributed by atoms with Gasteiger partial charge in [-0.05, 0) is 40.3 Å². The van der Waals surface area contributed by atoms with E-state index in [1.54, 1.807) is 0 Å². The van der Waals surface area contributed by atoms with E-state index in [-0.39, 0.29) is 5.41 Å². The van der Waals surface area contributed by atoms with Crippen LogP contribution < -0.4 is 0 Å². The largest absolute Gasteiger partial charge is 0.302 e. The SMILES string of the molecule is C#CC(C)(C)C1CCCCN1C. The van der Waals surface area contributed by atoms with Gasteiger partial charge in [-0.1, -0.05) is 12.3 Å². The zero-order chi connectivity index (χ0) is 9.19. The van der Waals surface area contributed by atoms with E-state index in [9.17, 15) is 0 Å². The van der Waals surface area contributed by atoms with Crippen LogP contribution in [0.2, 0.25) is 0 Å². The Morgan fingerprint density at radius 2 is 2.08 bits per heavy atom. The molecule has 0 bridgehead atoms. The van der Waals surface area contributed by atoms with Crippen molar-refractivity contribution in [1.82, 2.24) is 4.90 Å². The van der Waals surface area contributed by atoms with Crippen molar-refractivity contribution in [2.75, 3.05) is 13.6 Å². The third-order valence-corrected chi connectivity index (χ3v) is 2.98. The Morgan fingerprint density at radius 1 is 1.42 bits per heavy atom. The molecule has 0 amide bonds. The summed E-state index contributed by atoms with van der Waals surface area (Å²) < 4.78 is 0. The maximum Gasteiger partial charge on any atom is 0.0410 e. The van der Waals surface area contributed by atoms with Crippen LogP contribution in [0.3, 0.4) is 0 Å². The van der Waals surface area contributed by atoms with Crippen molar-refractivity contribution in [3.63, 3.8) is 0 Å². The Bertz CT molecular complexity index is 188. The predicted octanol–water partition coefficient (Wildman–Crippen LogP) is 2.13. The van der Waals surface area contributed by atoms with Gasteiger partial charge in [-0.15, -0.1) is 6.42 Å². The first-order chi connectivity index (χ1) is 5.58. The molecule has 1 fully saturated rings. The predicted molar refractivity (Wildman–Crippen MR) is 52.9 cm³/mol. The van der Waals surface area contributed by atoms with Crippen molar-refractivity contribution in [3.8, 4) is 12.3 Å². The maximum absolute atomic E-state index is 5.52. The summed E-state index contributed by atoms with van der Waals surface area (Å²) >= 11 is 0. The van der Waals surface area contributed by atoms with Gasteiger partial charge < -0.3 is 4.90 Å². The molecular formula is C11H19N. The summed E-state index contributed by atoms with van der Waals surface area (Å²) in [4.78, 5) is 2.41. The van der Waals surface area contributed by atoms with Crippen LogP contribution in [0.1, 0.15) is 33.1 Å². The Morgan fingerprint density at radius 3 is 2.58 bits per heavy atom. The highest BCUT2D eigenvalue weighted by atomic mass is 15.1. The lowest BCUT2D eigenvalue weighted by Crippen LogP contribution is -2.45. The molecule has 0 saturated carbocycles. The molecule has 1 heterocycles. The summed E-state index contributed by atoms with van der Waals surface area (Å²) in [5, 5.41) is 0. The van der Waals surface area contributed by atoms with Crippen LogP contribution in [0, 0.1) is 17.8 Å². The molecule has 1 atom stereocenters. The van der Waals surface area contributed by atoms with Gasteiger partial charge >= 0.3 is 0 Å². The third kappa shape index (κ3) is 1.81. The topological polar surface area (TPSA) is 3.24 Å². The first kappa shape index (κ1) is 9.61. The molecular weight excluding hydrogens is 146 g/mol. The zero-order valence-corrected chi connectivity index (χ0v) is 8.43. The highest BCUT2D eigenvalue weighted by Gasteiger charge is 2.32. The van der Waals surface area contributed by atoms with Gasteiger partial charge in [-0.25, -0.2) is 0 Å². The van der Waals surface area contributed by atoms with Crippen molar-refractivity contribution in [1.29, 1.82) is 0 Å². The molecule has 1 rings (SSSR count). The first-order valence-corrected chi connectivity index (χ1v) is 4.76. The Labute approximate surface area is 76.1 Å². The highest BCUT2D eigenvalue weighted by Crippen LogP contribution is 2.30. The summed E-state index contributed by atoms with van der Waals surface area (Å²) in [5.41, 5.74) is 0.0369. The molecule has 0 spiro atoms. The number of piperidine rings is 1. The molecule has 68 valence electrons. The summed E-state index contributed by atoms with van der Waals surface area (Å²) in [5.74, 6) is 2.90. The van der Waals surface area contributed by atoms with Gasteiger partial charge in [-0.3, -0.25) is 0 Å².